The largest absolute Gasteiger partial charge is 0.309 e. The summed E-state index contributed by atoms with van der Waals surface area (Å²) in [5.41, 5.74) is 1.14. The molecule has 0 aromatic carbocycles. The maximum absolute atomic E-state index is 4.35. The van der Waals surface area contributed by atoms with Gasteiger partial charge in [-0.1, -0.05) is 26.2 Å². The molecule has 1 unspecified atom stereocenters. The lowest BCUT2D eigenvalue weighted by molar-refractivity contribution is 0.259. The van der Waals surface area contributed by atoms with Crippen molar-refractivity contribution in [1.29, 1.82) is 0 Å². The fourth-order valence-electron chi connectivity index (χ4n) is 2.01. The number of hydrogen-bond donors (Lipinski definition) is 1. The highest BCUT2D eigenvalue weighted by molar-refractivity contribution is 6.99. The Bertz CT molecular complexity index is 269. The highest BCUT2D eigenvalue weighted by atomic mass is 32.1. The number of rotatable bonds is 6. The number of hydrogen-bond acceptors (Lipinski definition) is 4. The van der Waals surface area contributed by atoms with E-state index in [2.05, 4.69) is 21.0 Å². The Balaban J connectivity index is 1.89. The second-order valence-electron chi connectivity index (χ2n) is 4.37. The van der Waals surface area contributed by atoms with Crippen LogP contribution in [-0.2, 0) is 0 Å². The molecule has 2 rings (SSSR count). The average molecular weight is 225 g/mol. The van der Waals surface area contributed by atoms with Crippen molar-refractivity contribution < 1.29 is 0 Å². The molecule has 1 fully saturated rings. The summed E-state index contributed by atoms with van der Waals surface area (Å²) in [7, 11) is 0. The van der Waals surface area contributed by atoms with E-state index in [4.69, 9.17) is 0 Å². The zero-order valence-corrected chi connectivity index (χ0v) is 10.1. The van der Waals surface area contributed by atoms with Gasteiger partial charge in [0.15, 0.2) is 0 Å². The first kappa shape index (κ1) is 11.0. The first-order valence-corrected chi connectivity index (χ1v) is 6.64. The van der Waals surface area contributed by atoms with Crippen molar-refractivity contribution in [3.63, 3.8) is 0 Å². The Labute approximate surface area is 95.6 Å². The zero-order valence-electron chi connectivity index (χ0n) is 9.28. The van der Waals surface area contributed by atoms with Gasteiger partial charge in [0.1, 0.15) is 0 Å². The molecule has 0 aliphatic heterocycles. The highest BCUT2D eigenvalue weighted by Gasteiger charge is 2.23. The van der Waals surface area contributed by atoms with E-state index in [9.17, 15) is 0 Å². The Morgan fingerprint density at radius 3 is 3.00 bits per heavy atom. The Kier molecular flexibility index (Phi) is 4.09. The molecule has 0 radical (unpaired) electrons. The van der Waals surface area contributed by atoms with Gasteiger partial charge in [0.05, 0.1) is 29.7 Å². The van der Waals surface area contributed by atoms with E-state index in [1.165, 1.54) is 43.8 Å². The highest BCUT2D eigenvalue weighted by Crippen LogP contribution is 2.34. The fraction of sp³-hybridized carbons (Fsp3) is 0.818. The summed E-state index contributed by atoms with van der Waals surface area (Å²) in [6, 6.07) is 0.439. The van der Waals surface area contributed by atoms with E-state index in [0.29, 0.717) is 6.04 Å². The van der Waals surface area contributed by atoms with E-state index < -0.39 is 0 Å². The van der Waals surface area contributed by atoms with Gasteiger partial charge in [0.2, 0.25) is 0 Å². The van der Waals surface area contributed by atoms with Crippen LogP contribution in [-0.4, -0.2) is 15.3 Å². The molecular formula is C11H19N3S. The predicted octanol–water partition coefficient (Wildman–Crippen LogP) is 2.77. The third kappa shape index (κ3) is 2.98. The van der Waals surface area contributed by atoms with Gasteiger partial charge in [-0.15, -0.1) is 0 Å². The van der Waals surface area contributed by atoms with E-state index in [1.807, 2.05) is 6.20 Å². The summed E-state index contributed by atoms with van der Waals surface area (Å²) in [5, 5.41) is 3.58. The van der Waals surface area contributed by atoms with Crippen LogP contribution >= 0.6 is 11.7 Å². The first-order chi connectivity index (χ1) is 7.40. The van der Waals surface area contributed by atoms with Crippen LogP contribution in [0.5, 0.6) is 0 Å². The van der Waals surface area contributed by atoms with Crippen molar-refractivity contribution in [2.75, 3.05) is 6.54 Å². The summed E-state index contributed by atoms with van der Waals surface area (Å²) in [4.78, 5) is 0. The van der Waals surface area contributed by atoms with Gasteiger partial charge >= 0.3 is 0 Å². The molecule has 0 spiro atoms. The molecule has 0 amide bonds. The SMILES string of the molecule is CCCNC(CC1CCC1)c1cnsn1. The van der Waals surface area contributed by atoms with Crippen LogP contribution in [0.1, 0.15) is 50.8 Å². The van der Waals surface area contributed by atoms with Crippen LogP contribution in [0.4, 0.5) is 0 Å². The maximum Gasteiger partial charge on any atom is 0.0912 e. The number of aromatic nitrogens is 2. The molecule has 1 N–H and O–H groups in total. The van der Waals surface area contributed by atoms with Crippen LogP contribution in [0.25, 0.3) is 0 Å². The van der Waals surface area contributed by atoms with Gasteiger partial charge in [-0.2, -0.15) is 8.75 Å². The second kappa shape index (κ2) is 5.56. The molecule has 84 valence electrons. The summed E-state index contributed by atoms with van der Waals surface area (Å²) in [6.07, 6.45) is 8.56. The lowest BCUT2D eigenvalue weighted by Gasteiger charge is -2.29. The minimum atomic E-state index is 0.439. The van der Waals surface area contributed by atoms with Gasteiger partial charge in [-0.3, -0.25) is 0 Å². The Morgan fingerprint density at radius 1 is 1.60 bits per heavy atom. The average Bonchev–Trinajstić information content (AvgIpc) is 2.68. The Morgan fingerprint density at radius 2 is 2.47 bits per heavy atom. The van der Waals surface area contributed by atoms with Gasteiger partial charge < -0.3 is 5.32 Å². The zero-order chi connectivity index (χ0) is 10.5. The minimum absolute atomic E-state index is 0.439. The lowest BCUT2D eigenvalue weighted by Crippen LogP contribution is -2.26. The van der Waals surface area contributed by atoms with Crippen molar-refractivity contribution in [1.82, 2.24) is 14.1 Å². The van der Waals surface area contributed by atoms with Gasteiger partial charge in [-0.25, -0.2) is 0 Å². The molecule has 1 aliphatic carbocycles. The minimum Gasteiger partial charge on any atom is -0.309 e. The van der Waals surface area contributed by atoms with Crippen LogP contribution in [0.3, 0.4) is 0 Å². The molecule has 1 aromatic heterocycles. The fourth-order valence-corrected chi connectivity index (χ4v) is 2.49. The van der Waals surface area contributed by atoms with Crippen LogP contribution in [0.2, 0.25) is 0 Å². The molecular weight excluding hydrogens is 206 g/mol. The normalized spacial score (nSPS) is 18.7. The third-order valence-corrected chi connectivity index (χ3v) is 3.66. The number of nitrogens with one attached hydrogen (secondary N) is 1. The van der Waals surface area contributed by atoms with E-state index in [0.717, 1.165) is 18.2 Å². The maximum atomic E-state index is 4.35. The van der Waals surface area contributed by atoms with E-state index in [1.54, 1.807) is 0 Å². The van der Waals surface area contributed by atoms with Crippen LogP contribution in [0, 0.1) is 5.92 Å². The summed E-state index contributed by atoms with van der Waals surface area (Å²) < 4.78 is 8.44. The van der Waals surface area contributed by atoms with Crippen molar-refractivity contribution in [2.45, 2.75) is 45.1 Å². The third-order valence-electron chi connectivity index (χ3n) is 3.17. The molecule has 4 heteroatoms. The number of nitrogens with zero attached hydrogens (tertiary/aromatic N) is 2. The molecule has 1 atom stereocenters. The summed E-state index contributed by atoms with van der Waals surface area (Å²) in [5.74, 6) is 0.918. The standard InChI is InChI=1S/C11H19N3S/c1-2-6-12-10(7-9-4-3-5-9)11-8-13-15-14-11/h8-10,12H,2-7H2,1H3. The summed E-state index contributed by atoms with van der Waals surface area (Å²) in [6.45, 7) is 3.28. The van der Waals surface area contributed by atoms with Crippen molar-refractivity contribution in [3.8, 4) is 0 Å². The molecule has 0 saturated heterocycles. The molecule has 3 nitrogen and oxygen atoms in total. The smallest absolute Gasteiger partial charge is 0.0912 e. The molecule has 1 aliphatic rings. The molecule has 0 bridgehead atoms. The topological polar surface area (TPSA) is 37.8 Å². The van der Waals surface area contributed by atoms with Crippen molar-refractivity contribution in [2.24, 2.45) is 5.92 Å². The monoisotopic (exact) mass is 225 g/mol. The quantitative estimate of drug-likeness (QED) is 0.809. The van der Waals surface area contributed by atoms with Gasteiger partial charge in [-0.05, 0) is 25.3 Å². The second-order valence-corrected chi connectivity index (χ2v) is 4.93. The van der Waals surface area contributed by atoms with Crippen molar-refractivity contribution >= 4 is 11.7 Å². The van der Waals surface area contributed by atoms with E-state index >= 15 is 0 Å². The van der Waals surface area contributed by atoms with Crippen LogP contribution < -0.4 is 5.32 Å². The van der Waals surface area contributed by atoms with Crippen molar-refractivity contribution in [3.05, 3.63) is 11.9 Å². The Hall–Kier alpha value is -0.480. The summed E-state index contributed by atoms with van der Waals surface area (Å²) >= 11 is 1.31. The lowest BCUT2D eigenvalue weighted by atomic mass is 9.80. The molecule has 1 saturated carbocycles. The molecule has 1 heterocycles. The van der Waals surface area contributed by atoms with E-state index in [-0.39, 0.29) is 0 Å². The predicted molar refractivity (Wildman–Crippen MR) is 62.9 cm³/mol. The van der Waals surface area contributed by atoms with Gasteiger partial charge in [0, 0.05) is 0 Å². The van der Waals surface area contributed by atoms with Gasteiger partial charge in [0.25, 0.3) is 0 Å². The molecule has 15 heavy (non-hydrogen) atoms. The van der Waals surface area contributed by atoms with Crippen LogP contribution in [0.15, 0.2) is 6.20 Å². The first-order valence-electron chi connectivity index (χ1n) is 5.91. The molecule has 1 aromatic rings.